The second-order valence-electron chi connectivity index (χ2n) is 7.55. The van der Waals surface area contributed by atoms with E-state index in [1.807, 2.05) is 6.92 Å². The molecule has 2 amide bonds. The van der Waals surface area contributed by atoms with Gasteiger partial charge in [-0.3, -0.25) is 0 Å². The maximum atomic E-state index is 12.5. The van der Waals surface area contributed by atoms with E-state index in [9.17, 15) is 13.2 Å². The van der Waals surface area contributed by atoms with Crippen LogP contribution in [0.5, 0.6) is 0 Å². The summed E-state index contributed by atoms with van der Waals surface area (Å²) in [4.78, 5) is 11.7. The Kier molecular flexibility index (Phi) is 4.85. The van der Waals surface area contributed by atoms with Crippen LogP contribution in [0.4, 0.5) is 4.79 Å². The van der Waals surface area contributed by atoms with Crippen molar-refractivity contribution in [3.63, 3.8) is 0 Å². The summed E-state index contributed by atoms with van der Waals surface area (Å²) in [5.41, 5.74) is 0.975. The molecule has 10 nitrogen and oxygen atoms in total. The second kappa shape index (κ2) is 7.02. The van der Waals surface area contributed by atoms with Gasteiger partial charge in [0.25, 0.3) is 0 Å². The Balaban J connectivity index is 1.38. The fourth-order valence-corrected chi connectivity index (χ4v) is 5.56. The quantitative estimate of drug-likeness (QED) is 0.694. The lowest BCUT2D eigenvalue weighted by molar-refractivity contribution is -0.0813. The molecule has 1 saturated carbocycles. The average molecular weight is 398 g/mol. The molecule has 11 heteroatoms. The lowest BCUT2D eigenvalue weighted by atomic mass is 10.0. The zero-order valence-corrected chi connectivity index (χ0v) is 16.3. The number of urea groups is 1. The van der Waals surface area contributed by atoms with Gasteiger partial charge in [0.15, 0.2) is 0 Å². The maximum Gasteiger partial charge on any atom is 0.315 e. The standard InChI is InChI=1S/C16H26N6O4S/c1-2-6-17-15(23)18-8-13-14-9-26-16(11-22(14)20-19-13)5-7-21(10-16)27(24,25)12-3-4-12/h12H,2-11H2,1H3,(H2,17,18,23). The third-order valence-electron chi connectivity index (χ3n) is 5.41. The number of sulfonamides is 1. The van der Waals surface area contributed by atoms with Crippen LogP contribution in [-0.4, -0.2) is 64.2 Å². The van der Waals surface area contributed by atoms with Gasteiger partial charge < -0.3 is 15.4 Å². The zero-order chi connectivity index (χ0) is 19.1. The van der Waals surface area contributed by atoms with Gasteiger partial charge in [-0.25, -0.2) is 17.9 Å². The van der Waals surface area contributed by atoms with Crippen molar-refractivity contribution in [2.75, 3.05) is 19.6 Å². The number of rotatable bonds is 6. The van der Waals surface area contributed by atoms with E-state index >= 15 is 0 Å². The van der Waals surface area contributed by atoms with Gasteiger partial charge in [-0.15, -0.1) is 5.10 Å². The summed E-state index contributed by atoms with van der Waals surface area (Å²) in [5, 5.41) is 13.7. The highest BCUT2D eigenvalue weighted by Gasteiger charge is 2.50. The highest BCUT2D eigenvalue weighted by atomic mass is 32.2. The Morgan fingerprint density at radius 3 is 2.89 bits per heavy atom. The van der Waals surface area contributed by atoms with Crippen LogP contribution in [0.25, 0.3) is 0 Å². The molecular weight excluding hydrogens is 372 g/mol. The molecule has 1 aromatic heterocycles. The SMILES string of the molecule is CCCNC(=O)NCc1nnn2c1COC1(CCN(S(=O)(=O)C3CC3)C1)C2. The molecule has 3 aliphatic rings. The van der Waals surface area contributed by atoms with E-state index in [1.165, 1.54) is 0 Å². The van der Waals surface area contributed by atoms with Crippen LogP contribution in [-0.2, 0) is 34.5 Å². The molecule has 1 saturated heterocycles. The number of amides is 2. The van der Waals surface area contributed by atoms with Gasteiger partial charge in [0.2, 0.25) is 10.0 Å². The summed E-state index contributed by atoms with van der Waals surface area (Å²) < 4.78 is 34.4. The van der Waals surface area contributed by atoms with E-state index in [1.54, 1.807) is 8.99 Å². The van der Waals surface area contributed by atoms with Crippen molar-refractivity contribution in [3.05, 3.63) is 11.4 Å². The molecule has 2 aliphatic heterocycles. The van der Waals surface area contributed by atoms with Crippen molar-refractivity contribution >= 4 is 16.1 Å². The number of hydrogen-bond acceptors (Lipinski definition) is 6. The first kappa shape index (κ1) is 18.6. The van der Waals surface area contributed by atoms with Crippen molar-refractivity contribution in [3.8, 4) is 0 Å². The third-order valence-corrected chi connectivity index (χ3v) is 7.76. The zero-order valence-electron chi connectivity index (χ0n) is 15.5. The molecule has 0 bridgehead atoms. The van der Waals surface area contributed by atoms with E-state index in [0.29, 0.717) is 44.9 Å². The number of ether oxygens (including phenoxy) is 1. The first-order chi connectivity index (χ1) is 12.9. The predicted molar refractivity (Wildman–Crippen MR) is 96.2 cm³/mol. The van der Waals surface area contributed by atoms with E-state index in [0.717, 1.165) is 25.0 Å². The predicted octanol–water partition coefficient (Wildman–Crippen LogP) is -0.0458. The first-order valence-corrected chi connectivity index (χ1v) is 11.0. The molecule has 0 radical (unpaired) electrons. The minimum absolute atomic E-state index is 0.199. The molecule has 0 aromatic carbocycles. The average Bonchev–Trinajstić information content (AvgIpc) is 3.34. The van der Waals surface area contributed by atoms with Crippen LogP contribution in [0.1, 0.15) is 44.0 Å². The van der Waals surface area contributed by atoms with Gasteiger partial charge in [-0.1, -0.05) is 12.1 Å². The number of nitrogens with zero attached hydrogens (tertiary/aromatic N) is 4. The number of hydrogen-bond donors (Lipinski definition) is 2. The van der Waals surface area contributed by atoms with Gasteiger partial charge in [0, 0.05) is 19.6 Å². The second-order valence-corrected chi connectivity index (χ2v) is 9.76. The van der Waals surface area contributed by atoms with Gasteiger partial charge in [-0.05, 0) is 25.7 Å². The van der Waals surface area contributed by atoms with Gasteiger partial charge in [0.1, 0.15) is 11.3 Å². The van der Waals surface area contributed by atoms with Crippen molar-refractivity contribution in [2.24, 2.45) is 0 Å². The summed E-state index contributed by atoms with van der Waals surface area (Å²) >= 11 is 0. The van der Waals surface area contributed by atoms with E-state index in [-0.39, 0.29) is 17.8 Å². The van der Waals surface area contributed by atoms with Gasteiger partial charge in [-0.2, -0.15) is 4.31 Å². The fraction of sp³-hybridized carbons (Fsp3) is 0.812. The number of aromatic nitrogens is 3. The van der Waals surface area contributed by atoms with Crippen molar-refractivity contribution < 1.29 is 17.9 Å². The van der Waals surface area contributed by atoms with Crippen molar-refractivity contribution in [1.29, 1.82) is 0 Å². The Morgan fingerprint density at radius 2 is 2.15 bits per heavy atom. The fourth-order valence-electron chi connectivity index (χ4n) is 3.64. The van der Waals surface area contributed by atoms with Crippen LogP contribution < -0.4 is 10.6 Å². The Bertz CT molecular complexity index is 821. The van der Waals surface area contributed by atoms with E-state index in [4.69, 9.17) is 4.74 Å². The lowest BCUT2D eigenvalue weighted by Crippen LogP contribution is -2.45. The molecule has 4 rings (SSSR count). The minimum atomic E-state index is -3.19. The third kappa shape index (κ3) is 3.67. The van der Waals surface area contributed by atoms with Gasteiger partial charge in [0.05, 0.1) is 30.6 Å². The molecule has 1 spiro atoms. The molecule has 3 heterocycles. The number of carbonyl (C=O) groups is 1. The number of carbonyl (C=O) groups excluding carboxylic acids is 1. The number of nitrogens with one attached hydrogen (secondary N) is 2. The maximum absolute atomic E-state index is 12.5. The summed E-state index contributed by atoms with van der Waals surface area (Å²) in [6, 6.07) is -0.233. The highest BCUT2D eigenvalue weighted by molar-refractivity contribution is 7.90. The molecule has 27 heavy (non-hydrogen) atoms. The van der Waals surface area contributed by atoms with Crippen molar-refractivity contribution in [2.45, 2.75) is 63.2 Å². The summed E-state index contributed by atoms with van der Waals surface area (Å²) in [7, 11) is -3.19. The van der Waals surface area contributed by atoms with Crippen LogP contribution in [0, 0.1) is 0 Å². The number of fused-ring (bicyclic) bond motifs is 1. The first-order valence-electron chi connectivity index (χ1n) is 9.49. The molecule has 1 aromatic rings. The van der Waals surface area contributed by atoms with Crippen LogP contribution in [0.15, 0.2) is 0 Å². The summed E-state index contributed by atoms with van der Waals surface area (Å²) in [5.74, 6) is 0. The molecule has 1 aliphatic carbocycles. The van der Waals surface area contributed by atoms with E-state index in [2.05, 4.69) is 20.9 Å². The Morgan fingerprint density at radius 1 is 1.33 bits per heavy atom. The molecule has 1 atom stereocenters. The van der Waals surface area contributed by atoms with Crippen LogP contribution in [0.2, 0.25) is 0 Å². The normalized spacial score (nSPS) is 25.5. The van der Waals surface area contributed by atoms with Crippen LogP contribution >= 0.6 is 0 Å². The Hall–Kier alpha value is -1.72. The minimum Gasteiger partial charge on any atom is -0.365 e. The molecule has 2 N–H and O–H groups in total. The largest absolute Gasteiger partial charge is 0.365 e. The molecular formula is C16H26N6O4S. The summed E-state index contributed by atoms with van der Waals surface area (Å²) in [6.45, 7) is 4.56. The Labute approximate surface area is 158 Å². The molecule has 150 valence electrons. The molecule has 2 fully saturated rings. The summed E-state index contributed by atoms with van der Waals surface area (Å²) in [6.07, 6.45) is 3.06. The van der Waals surface area contributed by atoms with Gasteiger partial charge >= 0.3 is 6.03 Å². The lowest BCUT2D eigenvalue weighted by Gasteiger charge is -2.34. The van der Waals surface area contributed by atoms with Crippen molar-refractivity contribution in [1.82, 2.24) is 29.9 Å². The highest BCUT2D eigenvalue weighted by Crippen LogP contribution is 2.38. The molecule has 1 unspecified atom stereocenters. The topological polar surface area (TPSA) is 118 Å². The van der Waals surface area contributed by atoms with E-state index < -0.39 is 15.6 Å². The van der Waals surface area contributed by atoms with Crippen LogP contribution in [0.3, 0.4) is 0 Å². The smallest absolute Gasteiger partial charge is 0.315 e. The monoisotopic (exact) mass is 398 g/mol.